The molecule has 0 aromatic heterocycles. The van der Waals surface area contributed by atoms with E-state index in [2.05, 4.69) is 5.32 Å². The minimum Gasteiger partial charge on any atom is -0.457 e. The van der Waals surface area contributed by atoms with Gasteiger partial charge in [-0.3, -0.25) is 4.79 Å². The summed E-state index contributed by atoms with van der Waals surface area (Å²) in [6.45, 7) is 0.267. The molecule has 2 rings (SSSR count). The lowest BCUT2D eigenvalue weighted by molar-refractivity contribution is -0.118. The molecule has 7 nitrogen and oxygen atoms in total. The zero-order valence-electron chi connectivity index (χ0n) is 15.0. The second-order valence-corrected chi connectivity index (χ2v) is 7.73. The average Bonchev–Trinajstić information content (AvgIpc) is 2.61. The Bertz CT molecular complexity index is 852. The zero-order chi connectivity index (χ0) is 19.2. The monoisotopic (exact) mass is 414 g/mol. The van der Waals surface area contributed by atoms with Crippen molar-refractivity contribution in [3.8, 4) is 11.5 Å². The van der Waals surface area contributed by atoms with E-state index in [9.17, 15) is 13.2 Å². The first kappa shape index (κ1) is 22.9. The Kier molecular flexibility index (Phi) is 8.71. The van der Waals surface area contributed by atoms with Crippen LogP contribution < -0.4 is 15.8 Å². The Morgan fingerprint density at radius 1 is 1.15 bits per heavy atom. The van der Waals surface area contributed by atoms with Gasteiger partial charge in [-0.2, -0.15) is 0 Å². The molecule has 27 heavy (non-hydrogen) atoms. The number of rotatable bonds is 8. The van der Waals surface area contributed by atoms with Crippen molar-refractivity contribution in [2.24, 2.45) is 5.73 Å². The van der Waals surface area contributed by atoms with Crippen LogP contribution in [0.3, 0.4) is 0 Å². The van der Waals surface area contributed by atoms with E-state index in [0.717, 1.165) is 6.26 Å². The van der Waals surface area contributed by atoms with Gasteiger partial charge in [-0.05, 0) is 42.5 Å². The van der Waals surface area contributed by atoms with Crippen LogP contribution in [0.4, 0.5) is 5.69 Å². The van der Waals surface area contributed by atoms with Gasteiger partial charge in [0, 0.05) is 25.6 Å². The first-order valence-electron chi connectivity index (χ1n) is 7.92. The summed E-state index contributed by atoms with van der Waals surface area (Å²) in [7, 11) is -1.79. The lowest BCUT2D eigenvalue weighted by Crippen LogP contribution is -2.28. The third-order valence-electron chi connectivity index (χ3n) is 3.62. The number of carbonyl (C=O) groups excluding carboxylic acids is 1. The van der Waals surface area contributed by atoms with Crippen LogP contribution in [0.1, 0.15) is 6.42 Å². The van der Waals surface area contributed by atoms with Gasteiger partial charge in [0.25, 0.3) is 0 Å². The minimum atomic E-state index is -3.30. The van der Waals surface area contributed by atoms with Gasteiger partial charge >= 0.3 is 0 Å². The summed E-state index contributed by atoms with van der Waals surface area (Å²) in [5.74, 6) is 0.734. The molecule has 2 aromatic rings. The number of methoxy groups -OCH3 is 1. The molecule has 0 aliphatic carbocycles. The molecule has 9 heteroatoms. The van der Waals surface area contributed by atoms with E-state index in [0.29, 0.717) is 17.2 Å². The highest BCUT2D eigenvalue weighted by Gasteiger charge is 2.12. The predicted molar refractivity (Wildman–Crippen MR) is 106 cm³/mol. The molecule has 2 aromatic carbocycles. The third kappa shape index (κ3) is 7.18. The summed E-state index contributed by atoms with van der Waals surface area (Å²) in [4.78, 5) is 12.1. The molecule has 0 aliphatic heterocycles. The van der Waals surface area contributed by atoms with E-state index >= 15 is 0 Å². The normalized spacial score (nSPS) is 12.0. The topological polar surface area (TPSA) is 108 Å². The smallest absolute Gasteiger partial charge is 0.227 e. The Labute approximate surface area is 165 Å². The molecule has 0 aliphatic rings. The molecule has 148 valence electrons. The Balaban J connectivity index is 0.00000364. The van der Waals surface area contributed by atoms with Gasteiger partial charge in [-0.25, -0.2) is 8.42 Å². The van der Waals surface area contributed by atoms with Crippen LogP contribution in [-0.4, -0.2) is 40.3 Å². The molecule has 1 unspecified atom stereocenters. The molecule has 0 saturated carbocycles. The lowest BCUT2D eigenvalue weighted by Gasteiger charge is -2.13. The van der Waals surface area contributed by atoms with E-state index in [4.69, 9.17) is 15.2 Å². The van der Waals surface area contributed by atoms with Crippen molar-refractivity contribution < 1.29 is 22.7 Å². The van der Waals surface area contributed by atoms with E-state index in [-0.39, 0.29) is 42.3 Å². The van der Waals surface area contributed by atoms with Crippen LogP contribution in [0.25, 0.3) is 0 Å². The molecule has 0 heterocycles. The van der Waals surface area contributed by atoms with Crippen molar-refractivity contribution in [2.75, 3.05) is 25.2 Å². The summed E-state index contributed by atoms with van der Waals surface area (Å²) < 4.78 is 33.9. The molecule has 0 spiro atoms. The number of nitrogens with two attached hydrogens (primary N) is 1. The molecular weight excluding hydrogens is 392 g/mol. The van der Waals surface area contributed by atoms with Crippen molar-refractivity contribution in [2.45, 2.75) is 17.4 Å². The molecular formula is C18H23ClN2O5S. The summed E-state index contributed by atoms with van der Waals surface area (Å²) >= 11 is 0. The van der Waals surface area contributed by atoms with Crippen LogP contribution in [0.5, 0.6) is 11.5 Å². The standard InChI is InChI=1S/C18H22N2O5S.ClH/c1-24-16(12-19)11-18(21)20-13-6-8-14(9-7-13)25-15-4-3-5-17(10-15)26(2,22)23;/h3-10,16H,11-12,19H2,1-2H3,(H,20,21);1H. The van der Waals surface area contributed by atoms with Crippen molar-refractivity contribution in [1.82, 2.24) is 0 Å². The van der Waals surface area contributed by atoms with Gasteiger partial charge in [0.2, 0.25) is 5.91 Å². The van der Waals surface area contributed by atoms with Crippen LogP contribution in [-0.2, 0) is 19.4 Å². The Morgan fingerprint density at radius 2 is 1.81 bits per heavy atom. The molecule has 3 N–H and O–H groups in total. The van der Waals surface area contributed by atoms with Crippen molar-refractivity contribution >= 4 is 33.8 Å². The number of ether oxygens (including phenoxy) is 2. The molecule has 0 saturated heterocycles. The van der Waals surface area contributed by atoms with Crippen LogP contribution >= 0.6 is 12.4 Å². The van der Waals surface area contributed by atoms with Gasteiger partial charge in [0.1, 0.15) is 11.5 Å². The van der Waals surface area contributed by atoms with Crippen LogP contribution in [0.15, 0.2) is 53.4 Å². The first-order valence-corrected chi connectivity index (χ1v) is 9.81. The first-order chi connectivity index (χ1) is 12.3. The molecule has 0 fully saturated rings. The van der Waals surface area contributed by atoms with Gasteiger partial charge in [-0.1, -0.05) is 6.07 Å². The summed E-state index contributed by atoms with van der Waals surface area (Å²) in [6, 6.07) is 13.0. The van der Waals surface area contributed by atoms with Crippen molar-refractivity contribution in [1.29, 1.82) is 0 Å². The number of hydrogen-bond donors (Lipinski definition) is 2. The van der Waals surface area contributed by atoms with Gasteiger partial charge in [0.15, 0.2) is 9.84 Å². The van der Waals surface area contributed by atoms with E-state index in [1.54, 1.807) is 36.4 Å². The number of nitrogens with one attached hydrogen (secondary N) is 1. The lowest BCUT2D eigenvalue weighted by atomic mass is 10.2. The SMILES string of the molecule is COC(CN)CC(=O)Nc1ccc(Oc2cccc(S(C)(=O)=O)c2)cc1.Cl. The fraction of sp³-hybridized carbons (Fsp3) is 0.278. The highest BCUT2D eigenvalue weighted by Crippen LogP contribution is 2.25. The fourth-order valence-corrected chi connectivity index (χ4v) is 2.85. The predicted octanol–water partition coefficient (Wildman–Crippen LogP) is 2.61. The highest BCUT2D eigenvalue weighted by atomic mass is 35.5. The molecule has 1 amide bonds. The second-order valence-electron chi connectivity index (χ2n) is 5.72. The quantitative estimate of drug-likeness (QED) is 0.687. The maximum Gasteiger partial charge on any atom is 0.227 e. The largest absolute Gasteiger partial charge is 0.457 e. The van der Waals surface area contributed by atoms with Gasteiger partial charge in [0.05, 0.1) is 17.4 Å². The Morgan fingerprint density at radius 3 is 2.37 bits per heavy atom. The van der Waals surface area contributed by atoms with E-state index in [1.165, 1.54) is 19.2 Å². The molecule has 0 radical (unpaired) electrons. The van der Waals surface area contributed by atoms with Gasteiger partial charge in [-0.15, -0.1) is 12.4 Å². The van der Waals surface area contributed by atoms with Crippen LogP contribution in [0, 0.1) is 0 Å². The van der Waals surface area contributed by atoms with E-state index < -0.39 is 9.84 Å². The number of hydrogen-bond acceptors (Lipinski definition) is 6. The number of carbonyl (C=O) groups is 1. The maximum absolute atomic E-state index is 11.9. The number of halogens is 1. The van der Waals surface area contributed by atoms with Crippen molar-refractivity contribution in [3.05, 3.63) is 48.5 Å². The summed E-state index contributed by atoms with van der Waals surface area (Å²) in [5, 5.41) is 2.75. The maximum atomic E-state index is 11.9. The average molecular weight is 415 g/mol. The van der Waals surface area contributed by atoms with Crippen LogP contribution in [0.2, 0.25) is 0 Å². The number of amides is 1. The molecule has 1 atom stereocenters. The molecule has 0 bridgehead atoms. The minimum absolute atomic E-state index is 0. The number of anilines is 1. The second kappa shape index (κ2) is 10.3. The fourth-order valence-electron chi connectivity index (χ4n) is 2.19. The number of sulfone groups is 1. The summed E-state index contributed by atoms with van der Waals surface area (Å²) in [6.07, 6.45) is 0.992. The Hall–Kier alpha value is -2.13. The third-order valence-corrected chi connectivity index (χ3v) is 4.73. The van der Waals surface area contributed by atoms with Crippen molar-refractivity contribution in [3.63, 3.8) is 0 Å². The highest BCUT2D eigenvalue weighted by molar-refractivity contribution is 7.90. The summed E-state index contributed by atoms with van der Waals surface area (Å²) in [5.41, 5.74) is 6.11. The van der Waals surface area contributed by atoms with Gasteiger partial charge < -0.3 is 20.5 Å². The number of benzene rings is 2. The zero-order valence-corrected chi connectivity index (χ0v) is 16.7. The van der Waals surface area contributed by atoms with E-state index in [1.807, 2.05) is 0 Å².